The molecule has 2 atom stereocenters. The van der Waals surface area contributed by atoms with Crippen LogP contribution in [0.5, 0.6) is 0 Å². The Hall–Kier alpha value is -0.910. The van der Waals surface area contributed by atoms with Crippen LogP contribution in [-0.4, -0.2) is 11.6 Å². The quantitative estimate of drug-likeness (QED) is 0.194. The molecule has 32 heavy (non-hydrogen) atoms. The zero-order chi connectivity index (χ0) is 23.3. The van der Waals surface area contributed by atoms with Gasteiger partial charge < -0.3 is 0 Å². The monoisotopic (exact) mass is 445 g/mol. The van der Waals surface area contributed by atoms with Gasteiger partial charge in [-0.15, -0.1) is 0 Å². The van der Waals surface area contributed by atoms with E-state index in [1.807, 2.05) is 6.92 Å². The second kappa shape index (κ2) is 19.5. The fraction of sp³-hybridized carbons (Fsp3) is 0.966. The molecule has 0 saturated heterocycles. The van der Waals surface area contributed by atoms with Gasteiger partial charge in [0.2, 0.25) is 0 Å². The Kier molecular flexibility index (Phi) is 17.8. The molecule has 2 unspecified atom stereocenters. The Morgan fingerprint density at radius 3 is 1.66 bits per heavy atom. The summed E-state index contributed by atoms with van der Waals surface area (Å²) in [5, 5.41) is 19.1. The smallest absolute Gasteiger partial charge is 0.164 e. The molecule has 0 heterocycles. The lowest BCUT2D eigenvalue weighted by atomic mass is 9.88. The first-order valence-corrected chi connectivity index (χ1v) is 14.4. The molecule has 1 aliphatic rings. The van der Waals surface area contributed by atoms with Crippen molar-refractivity contribution >= 4 is 0 Å². The van der Waals surface area contributed by atoms with E-state index in [9.17, 15) is 5.26 Å². The van der Waals surface area contributed by atoms with Crippen LogP contribution in [0.3, 0.4) is 0 Å². The lowest BCUT2D eigenvalue weighted by Crippen LogP contribution is -2.21. The van der Waals surface area contributed by atoms with Crippen molar-refractivity contribution in [2.45, 2.75) is 174 Å². The van der Waals surface area contributed by atoms with E-state index in [1.165, 1.54) is 128 Å². The molecule has 1 saturated carbocycles. The summed E-state index contributed by atoms with van der Waals surface area (Å²) < 4.78 is 0. The second-order valence-electron chi connectivity index (χ2n) is 10.8. The van der Waals surface area contributed by atoms with E-state index in [0.29, 0.717) is 5.92 Å². The van der Waals surface area contributed by atoms with Crippen molar-refractivity contribution < 1.29 is 0 Å². The minimum absolute atomic E-state index is 0.248. The van der Waals surface area contributed by atoms with Gasteiger partial charge in [-0.3, -0.25) is 0 Å². The molecule has 3 nitrogen and oxygen atoms in total. The largest absolute Gasteiger partial charge is 0.196 e. The van der Waals surface area contributed by atoms with Gasteiger partial charge in [-0.25, -0.2) is 0 Å². The Morgan fingerprint density at radius 2 is 1.19 bits per heavy atom. The van der Waals surface area contributed by atoms with Crippen molar-refractivity contribution in [2.24, 2.45) is 16.1 Å². The molecule has 0 spiro atoms. The Balaban J connectivity index is 2.32. The first kappa shape index (κ1) is 29.1. The van der Waals surface area contributed by atoms with Gasteiger partial charge in [-0.05, 0) is 45.4 Å². The second-order valence-corrected chi connectivity index (χ2v) is 10.8. The highest BCUT2D eigenvalue weighted by Gasteiger charge is 2.24. The molecule has 0 bridgehead atoms. The molecule has 186 valence electrons. The van der Waals surface area contributed by atoms with Crippen molar-refractivity contribution in [1.29, 1.82) is 5.26 Å². The number of unbranched alkanes of at least 4 members (excludes halogenated alkanes) is 9. The summed E-state index contributed by atoms with van der Waals surface area (Å²) >= 11 is 0. The number of nitrogens with zero attached hydrogens (tertiary/aromatic N) is 3. The molecular formula is C29H55N3. The zero-order valence-corrected chi connectivity index (χ0v) is 22.1. The van der Waals surface area contributed by atoms with Crippen LogP contribution in [0.1, 0.15) is 162 Å². The van der Waals surface area contributed by atoms with Gasteiger partial charge in [-0.2, -0.15) is 15.5 Å². The molecule has 0 aromatic carbocycles. The van der Waals surface area contributed by atoms with Crippen LogP contribution in [-0.2, 0) is 0 Å². The minimum Gasteiger partial charge on any atom is -0.196 e. The first-order chi connectivity index (χ1) is 15.6. The van der Waals surface area contributed by atoms with Gasteiger partial charge in [0.1, 0.15) is 0 Å². The summed E-state index contributed by atoms with van der Waals surface area (Å²) in [6.07, 6.45) is 29.1. The summed E-state index contributed by atoms with van der Waals surface area (Å²) in [5.74, 6) is 0.637. The molecule has 0 amide bonds. The van der Waals surface area contributed by atoms with Gasteiger partial charge >= 0.3 is 0 Å². The lowest BCUT2D eigenvalue weighted by molar-refractivity contribution is 0.335. The molecule has 0 radical (unpaired) electrons. The number of nitriles is 1. The normalized spacial score (nSPS) is 20.2. The van der Waals surface area contributed by atoms with Crippen LogP contribution in [0.2, 0.25) is 0 Å². The van der Waals surface area contributed by atoms with E-state index in [-0.39, 0.29) is 6.04 Å². The van der Waals surface area contributed by atoms with Crippen molar-refractivity contribution in [1.82, 2.24) is 0 Å². The summed E-state index contributed by atoms with van der Waals surface area (Å²) in [6, 6.07) is 2.71. The maximum Gasteiger partial charge on any atom is 0.164 e. The molecule has 0 N–H and O–H groups in total. The molecular weight excluding hydrogens is 390 g/mol. The fourth-order valence-electron chi connectivity index (χ4n) is 5.07. The van der Waals surface area contributed by atoms with E-state index >= 15 is 0 Å². The number of azo groups is 1. The molecule has 1 aliphatic carbocycles. The molecule has 1 rings (SSSR count). The van der Waals surface area contributed by atoms with Crippen LogP contribution in [0.4, 0.5) is 0 Å². The van der Waals surface area contributed by atoms with Gasteiger partial charge in [0, 0.05) is 0 Å². The average Bonchev–Trinajstić information content (AvgIpc) is 2.79. The van der Waals surface area contributed by atoms with E-state index in [4.69, 9.17) is 5.11 Å². The number of hydrogen-bond acceptors (Lipinski definition) is 3. The van der Waals surface area contributed by atoms with Crippen molar-refractivity contribution in [3.63, 3.8) is 0 Å². The van der Waals surface area contributed by atoms with Crippen LogP contribution in [0.25, 0.3) is 0 Å². The summed E-state index contributed by atoms with van der Waals surface area (Å²) in [6.45, 7) is 6.49. The third-order valence-corrected chi connectivity index (χ3v) is 7.55. The fourth-order valence-corrected chi connectivity index (χ4v) is 5.07. The van der Waals surface area contributed by atoms with E-state index in [0.717, 1.165) is 12.8 Å². The Morgan fingerprint density at radius 1 is 0.750 bits per heavy atom. The molecule has 0 aliphatic heterocycles. The SMILES string of the molecule is CCCCCCCCCCCCC(C)(C#N)/N=N/C(C)C1CCCCCCCCCCC1. The maximum absolute atomic E-state index is 9.76. The van der Waals surface area contributed by atoms with Crippen molar-refractivity contribution in [3.8, 4) is 6.07 Å². The molecule has 0 aromatic heterocycles. The molecule has 1 fully saturated rings. The van der Waals surface area contributed by atoms with Crippen molar-refractivity contribution in [3.05, 3.63) is 0 Å². The average molecular weight is 446 g/mol. The van der Waals surface area contributed by atoms with Gasteiger partial charge in [0.15, 0.2) is 5.54 Å². The summed E-state index contributed by atoms with van der Waals surface area (Å²) in [7, 11) is 0. The third-order valence-electron chi connectivity index (χ3n) is 7.55. The number of hydrogen-bond donors (Lipinski definition) is 0. The molecule has 3 heteroatoms. The summed E-state index contributed by atoms with van der Waals surface area (Å²) in [5.41, 5.74) is -0.639. The topological polar surface area (TPSA) is 48.5 Å². The predicted molar refractivity (Wildman–Crippen MR) is 139 cm³/mol. The van der Waals surface area contributed by atoms with E-state index in [1.54, 1.807) is 0 Å². The molecule has 0 aromatic rings. The third kappa shape index (κ3) is 15.0. The highest BCUT2D eigenvalue weighted by Crippen LogP contribution is 2.27. The Bertz CT molecular complexity index is 483. The predicted octanol–water partition coefficient (Wildman–Crippen LogP) is 10.3. The van der Waals surface area contributed by atoms with Gasteiger partial charge in [0.25, 0.3) is 0 Å². The van der Waals surface area contributed by atoms with Crippen LogP contribution < -0.4 is 0 Å². The minimum atomic E-state index is -0.639. The Labute approximate surface area is 201 Å². The van der Waals surface area contributed by atoms with Gasteiger partial charge in [0.05, 0.1) is 12.1 Å². The van der Waals surface area contributed by atoms with Crippen LogP contribution in [0.15, 0.2) is 10.2 Å². The van der Waals surface area contributed by atoms with E-state index < -0.39 is 5.54 Å². The van der Waals surface area contributed by atoms with E-state index in [2.05, 4.69) is 25.0 Å². The summed E-state index contributed by atoms with van der Waals surface area (Å²) in [4.78, 5) is 0. The van der Waals surface area contributed by atoms with Gasteiger partial charge in [-0.1, -0.05) is 122 Å². The number of rotatable bonds is 14. The zero-order valence-electron chi connectivity index (χ0n) is 22.1. The maximum atomic E-state index is 9.76. The standard InChI is InChI=1S/C29H55N3/c1-4-5-6-7-8-9-13-16-19-22-25-29(3,26-30)32-31-27(2)28-23-20-17-14-11-10-12-15-18-21-24-28/h27-28H,4-25H2,1-3H3/b32-31+. The first-order valence-electron chi connectivity index (χ1n) is 14.4. The van der Waals surface area contributed by atoms with Crippen LogP contribution >= 0.6 is 0 Å². The van der Waals surface area contributed by atoms with Crippen molar-refractivity contribution in [2.75, 3.05) is 0 Å². The lowest BCUT2D eigenvalue weighted by Gasteiger charge is -2.22. The highest BCUT2D eigenvalue weighted by molar-refractivity contribution is 5.03. The highest BCUT2D eigenvalue weighted by atomic mass is 15.2. The van der Waals surface area contributed by atoms with Crippen LogP contribution in [0, 0.1) is 17.2 Å².